The molecule has 188 valence electrons. The molecule has 6 nitrogen and oxygen atoms in total. The molecule has 1 aliphatic heterocycles. The average molecular weight is 491 g/mol. The second-order valence-electron chi connectivity index (χ2n) is 8.83. The Labute approximate surface area is 211 Å². The summed E-state index contributed by atoms with van der Waals surface area (Å²) < 4.78 is 24.4. The zero-order chi connectivity index (χ0) is 25.3. The molecule has 1 aliphatic rings. The van der Waals surface area contributed by atoms with E-state index in [2.05, 4.69) is 5.32 Å². The average Bonchev–Trinajstić information content (AvgIpc) is 3.37. The molecule has 0 spiro atoms. The van der Waals surface area contributed by atoms with E-state index in [-0.39, 0.29) is 37.4 Å². The Kier molecular flexibility index (Phi) is 8.55. The molecule has 7 heteroatoms. The SMILES string of the molecule is CCCNC(=O)C(Cc1ccccc1)N(Cc1ccc(F)cc1)C(=O)CCc1ccc2c(c1)OCO2. The van der Waals surface area contributed by atoms with Gasteiger partial charge in [0.25, 0.3) is 0 Å². The highest BCUT2D eigenvalue weighted by molar-refractivity contribution is 5.88. The summed E-state index contributed by atoms with van der Waals surface area (Å²) in [5, 5.41) is 2.96. The van der Waals surface area contributed by atoms with E-state index in [1.54, 1.807) is 17.0 Å². The summed E-state index contributed by atoms with van der Waals surface area (Å²) in [6.07, 6.45) is 1.88. The number of carbonyl (C=O) groups is 2. The Hall–Kier alpha value is -3.87. The van der Waals surface area contributed by atoms with Crippen LogP contribution in [0, 0.1) is 5.82 Å². The summed E-state index contributed by atoms with van der Waals surface area (Å²) >= 11 is 0. The van der Waals surface area contributed by atoms with Crippen molar-refractivity contribution in [2.24, 2.45) is 0 Å². The number of ether oxygens (including phenoxy) is 2. The van der Waals surface area contributed by atoms with Crippen molar-refractivity contribution in [1.82, 2.24) is 10.2 Å². The highest BCUT2D eigenvalue weighted by Gasteiger charge is 2.30. The first kappa shape index (κ1) is 25.2. The Balaban J connectivity index is 1.57. The van der Waals surface area contributed by atoms with Crippen LogP contribution in [-0.4, -0.2) is 36.1 Å². The van der Waals surface area contributed by atoms with Crippen molar-refractivity contribution in [2.45, 2.75) is 45.2 Å². The first-order valence-electron chi connectivity index (χ1n) is 12.3. The number of nitrogens with zero attached hydrogens (tertiary/aromatic N) is 1. The molecule has 0 radical (unpaired) electrons. The summed E-state index contributed by atoms with van der Waals surface area (Å²) in [5.41, 5.74) is 2.67. The number of fused-ring (bicyclic) bond motifs is 1. The topological polar surface area (TPSA) is 67.9 Å². The Morgan fingerprint density at radius 1 is 0.944 bits per heavy atom. The van der Waals surface area contributed by atoms with E-state index in [4.69, 9.17) is 9.47 Å². The third-order valence-corrected chi connectivity index (χ3v) is 6.15. The maximum absolute atomic E-state index is 13.6. The molecule has 4 rings (SSSR count). The molecule has 1 unspecified atom stereocenters. The van der Waals surface area contributed by atoms with Gasteiger partial charge in [0.15, 0.2) is 11.5 Å². The number of hydrogen-bond donors (Lipinski definition) is 1. The van der Waals surface area contributed by atoms with Crippen molar-refractivity contribution in [3.05, 3.63) is 95.3 Å². The molecule has 3 aromatic rings. The predicted octanol–water partition coefficient (Wildman–Crippen LogP) is 4.65. The number of carbonyl (C=O) groups excluding carboxylic acids is 2. The molecule has 3 aromatic carbocycles. The number of nitrogens with one attached hydrogen (secondary N) is 1. The van der Waals surface area contributed by atoms with Gasteiger partial charge in [0, 0.05) is 25.9 Å². The third kappa shape index (κ3) is 6.62. The van der Waals surface area contributed by atoms with Gasteiger partial charge >= 0.3 is 0 Å². The van der Waals surface area contributed by atoms with Crippen LogP contribution in [-0.2, 0) is 29.0 Å². The third-order valence-electron chi connectivity index (χ3n) is 6.15. The largest absolute Gasteiger partial charge is 0.454 e. The minimum absolute atomic E-state index is 0.149. The van der Waals surface area contributed by atoms with Gasteiger partial charge in [0.2, 0.25) is 18.6 Å². The van der Waals surface area contributed by atoms with Gasteiger partial charge in [-0.2, -0.15) is 0 Å². The second kappa shape index (κ2) is 12.2. The molecule has 1 N–H and O–H groups in total. The van der Waals surface area contributed by atoms with Crippen LogP contribution < -0.4 is 14.8 Å². The van der Waals surface area contributed by atoms with Crippen LogP contribution in [0.25, 0.3) is 0 Å². The summed E-state index contributed by atoms with van der Waals surface area (Å²) in [6.45, 7) is 2.91. The van der Waals surface area contributed by atoms with Gasteiger partial charge in [0.1, 0.15) is 11.9 Å². The minimum Gasteiger partial charge on any atom is -0.454 e. The molecule has 0 aromatic heterocycles. The molecule has 36 heavy (non-hydrogen) atoms. The van der Waals surface area contributed by atoms with Gasteiger partial charge in [-0.05, 0) is 53.8 Å². The summed E-state index contributed by atoms with van der Waals surface area (Å²) in [6, 6.07) is 20.6. The maximum atomic E-state index is 13.6. The molecular formula is C29H31FN2O4. The van der Waals surface area contributed by atoms with E-state index in [1.165, 1.54) is 12.1 Å². The number of hydrogen-bond acceptors (Lipinski definition) is 4. The van der Waals surface area contributed by atoms with Crippen molar-refractivity contribution >= 4 is 11.8 Å². The lowest BCUT2D eigenvalue weighted by molar-refractivity contribution is -0.141. The lowest BCUT2D eigenvalue weighted by Crippen LogP contribution is -2.50. The Morgan fingerprint density at radius 2 is 1.67 bits per heavy atom. The molecule has 0 fully saturated rings. The van der Waals surface area contributed by atoms with Gasteiger partial charge < -0.3 is 19.7 Å². The molecule has 0 aliphatic carbocycles. The van der Waals surface area contributed by atoms with Gasteiger partial charge in [-0.25, -0.2) is 4.39 Å². The van der Waals surface area contributed by atoms with E-state index < -0.39 is 6.04 Å². The summed E-state index contributed by atoms with van der Waals surface area (Å²) in [7, 11) is 0. The van der Waals surface area contributed by atoms with Gasteiger partial charge in [0.05, 0.1) is 0 Å². The zero-order valence-corrected chi connectivity index (χ0v) is 20.4. The summed E-state index contributed by atoms with van der Waals surface area (Å²) in [4.78, 5) is 28.6. The molecule has 0 bridgehead atoms. The smallest absolute Gasteiger partial charge is 0.243 e. The van der Waals surface area contributed by atoms with Crippen molar-refractivity contribution in [1.29, 1.82) is 0 Å². The van der Waals surface area contributed by atoms with Crippen molar-refractivity contribution in [3.63, 3.8) is 0 Å². The zero-order valence-electron chi connectivity index (χ0n) is 20.4. The molecule has 2 amide bonds. The van der Waals surface area contributed by atoms with E-state index >= 15 is 0 Å². The van der Waals surface area contributed by atoms with Gasteiger partial charge in [-0.15, -0.1) is 0 Å². The first-order valence-corrected chi connectivity index (χ1v) is 12.3. The molecule has 1 heterocycles. The van der Waals surface area contributed by atoms with Crippen molar-refractivity contribution < 1.29 is 23.5 Å². The lowest BCUT2D eigenvalue weighted by atomic mass is 10.0. The molecule has 0 saturated heterocycles. The number of benzene rings is 3. The highest BCUT2D eigenvalue weighted by Crippen LogP contribution is 2.33. The monoisotopic (exact) mass is 490 g/mol. The number of amides is 2. The normalized spacial score (nSPS) is 12.7. The number of rotatable bonds is 11. The van der Waals surface area contributed by atoms with Crippen LogP contribution in [0.4, 0.5) is 4.39 Å². The highest BCUT2D eigenvalue weighted by atomic mass is 19.1. The predicted molar refractivity (Wildman–Crippen MR) is 135 cm³/mol. The van der Waals surface area contributed by atoms with Crippen molar-refractivity contribution in [3.8, 4) is 11.5 Å². The minimum atomic E-state index is -0.701. The fourth-order valence-corrected chi connectivity index (χ4v) is 4.20. The van der Waals surface area contributed by atoms with Crippen LogP contribution in [0.2, 0.25) is 0 Å². The fourth-order valence-electron chi connectivity index (χ4n) is 4.20. The first-order chi connectivity index (χ1) is 17.5. The number of aryl methyl sites for hydroxylation is 1. The number of halogens is 1. The second-order valence-corrected chi connectivity index (χ2v) is 8.83. The van der Waals surface area contributed by atoms with Crippen LogP contribution in [0.5, 0.6) is 11.5 Å². The summed E-state index contributed by atoms with van der Waals surface area (Å²) in [5.74, 6) is 0.673. The molecule has 0 saturated carbocycles. The van der Waals surface area contributed by atoms with E-state index in [0.717, 1.165) is 23.1 Å². The molecular weight excluding hydrogens is 459 g/mol. The van der Waals surface area contributed by atoms with Crippen LogP contribution >= 0.6 is 0 Å². The Morgan fingerprint density at radius 3 is 2.42 bits per heavy atom. The standard InChI is InChI=1S/C29H31FN2O4/c1-2-16-31-29(34)25(17-21-6-4-3-5-7-21)32(19-23-8-12-24(30)13-9-23)28(33)15-11-22-10-14-26-27(18-22)36-20-35-26/h3-10,12-14,18,25H,2,11,15-17,19-20H2,1H3,(H,31,34). The van der Waals surface area contributed by atoms with Crippen molar-refractivity contribution in [2.75, 3.05) is 13.3 Å². The van der Waals surface area contributed by atoms with Gasteiger partial charge in [-0.1, -0.05) is 55.5 Å². The van der Waals surface area contributed by atoms with E-state index in [9.17, 15) is 14.0 Å². The molecule has 1 atom stereocenters. The van der Waals surface area contributed by atoms with Crippen LogP contribution in [0.3, 0.4) is 0 Å². The Bertz CT molecular complexity index is 1170. The maximum Gasteiger partial charge on any atom is 0.243 e. The van der Waals surface area contributed by atoms with Crippen LogP contribution in [0.15, 0.2) is 72.8 Å². The van der Waals surface area contributed by atoms with Crippen LogP contribution in [0.1, 0.15) is 36.5 Å². The fraction of sp³-hybridized carbons (Fsp3) is 0.310. The van der Waals surface area contributed by atoms with Gasteiger partial charge in [-0.3, -0.25) is 9.59 Å². The van der Waals surface area contributed by atoms with E-state index in [1.807, 2.05) is 55.5 Å². The van der Waals surface area contributed by atoms with E-state index in [0.29, 0.717) is 30.9 Å². The quantitative estimate of drug-likeness (QED) is 0.425. The lowest BCUT2D eigenvalue weighted by Gasteiger charge is -2.31.